The highest BCUT2D eigenvalue weighted by Gasteiger charge is 2.20. The van der Waals surface area contributed by atoms with E-state index in [-0.39, 0.29) is 9.92 Å². The second-order valence-electron chi connectivity index (χ2n) is 7.89. The van der Waals surface area contributed by atoms with Crippen molar-refractivity contribution in [3.05, 3.63) is 62.6 Å². The molecule has 1 aliphatic heterocycles. The van der Waals surface area contributed by atoms with Gasteiger partial charge >= 0.3 is 5.00 Å². The van der Waals surface area contributed by atoms with Crippen LogP contribution in [-0.4, -0.2) is 47.6 Å². The topological polar surface area (TPSA) is 104 Å². The van der Waals surface area contributed by atoms with Gasteiger partial charge in [-0.25, -0.2) is 0 Å². The van der Waals surface area contributed by atoms with Gasteiger partial charge in [0.1, 0.15) is 11.8 Å². The fraction of sp³-hybridized carbons (Fsp3) is 0.391. The van der Waals surface area contributed by atoms with Gasteiger partial charge in [0.25, 0.3) is 0 Å². The highest BCUT2D eigenvalue weighted by Crippen LogP contribution is 2.26. The second kappa shape index (κ2) is 10.0. The van der Waals surface area contributed by atoms with Crippen molar-refractivity contribution >= 4 is 27.2 Å². The summed E-state index contributed by atoms with van der Waals surface area (Å²) in [6.07, 6.45) is 4.51. The Morgan fingerprint density at radius 2 is 2.16 bits per heavy atom. The van der Waals surface area contributed by atoms with Crippen LogP contribution in [0.3, 0.4) is 0 Å². The quantitative estimate of drug-likeness (QED) is 0.409. The molecule has 4 rings (SSSR count). The summed E-state index contributed by atoms with van der Waals surface area (Å²) < 4.78 is 5.36. The SMILES string of the molecule is COc1ccc2ncc(C#N)c(CCN3CCC(NCc4ccc([N+](=O)[O-])s4)CC3)c2c1. The number of nitrogens with zero attached hydrogens (tertiary/aromatic N) is 4. The van der Waals surface area contributed by atoms with Crippen molar-refractivity contribution in [1.29, 1.82) is 5.26 Å². The monoisotopic (exact) mass is 451 g/mol. The molecule has 166 valence electrons. The zero-order chi connectivity index (χ0) is 22.5. The number of nitro groups is 1. The molecule has 0 unspecified atom stereocenters. The van der Waals surface area contributed by atoms with Gasteiger partial charge in [0.05, 0.1) is 23.1 Å². The van der Waals surface area contributed by atoms with Crippen molar-refractivity contribution in [2.24, 2.45) is 0 Å². The standard InChI is InChI=1S/C23H25N5O3S/c1-31-18-2-4-22-21(12-18)20(16(13-24)14-26-22)8-11-27-9-6-17(7-10-27)25-15-19-3-5-23(32-19)28(29)30/h2-5,12,14,17,25H,6-11,15H2,1H3. The van der Waals surface area contributed by atoms with Gasteiger partial charge in [0.2, 0.25) is 0 Å². The minimum absolute atomic E-state index is 0.189. The van der Waals surface area contributed by atoms with Crippen LogP contribution in [0.2, 0.25) is 0 Å². The fourth-order valence-electron chi connectivity index (χ4n) is 4.15. The Morgan fingerprint density at radius 3 is 2.84 bits per heavy atom. The molecule has 3 aromatic rings. The van der Waals surface area contributed by atoms with Crippen molar-refractivity contribution in [2.45, 2.75) is 31.8 Å². The first-order valence-corrected chi connectivity index (χ1v) is 11.4. The summed E-state index contributed by atoms with van der Waals surface area (Å²) in [7, 11) is 1.64. The molecule has 0 spiro atoms. The molecule has 1 saturated heterocycles. The van der Waals surface area contributed by atoms with Crippen LogP contribution in [0.25, 0.3) is 10.9 Å². The maximum absolute atomic E-state index is 10.8. The van der Waals surface area contributed by atoms with Crippen molar-refractivity contribution in [1.82, 2.24) is 15.2 Å². The largest absolute Gasteiger partial charge is 0.497 e. The van der Waals surface area contributed by atoms with Crippen LogP contribution in [0, 0.1) is 21.4 Å². The Balaban J connectivity index is 1.32. The molecule has 32 heavy (non-hydrogen) atoms. The summed E-state index contributed by atoms with van der Waals surface area (Å²) in [4.78, 5) is 18.3. The third kappa shape index (κ3) is 5.05. The lowest BCUT2D eigenvalue weighted by Crippen LogP contribution is -2.42. The molecule has 9 heteroatoms. The molecule has 0 aliphatic carbocycles. The molecule has 1 aliphatic rings. The van der Waals surface area contributed by atoms with E-state index in [1.54, 1.807) is 19.4 Å². The van der Waals surface area contributed by atoms with E-state index >= 15 is 0 Å². The number of hydrogen-bond donors (Lipinski definition) is 1. The summed E-state index contributed by atoms with van der Waals surface area (Å²) in [5.41, 5.74) is 2.51. The van der Waals surface area contributed by atoms with Crippen molar-refractivity contribution in [2.75, 3.05) is 26.7 Å². The molecule has 1 fully saturated rings. The Kier molecular flexibility index (Phi) is 6.95. The lowest BCUT2D eigenvalue weighted by atomic mass is 9.99. The molecular weight excluding hydrogens is 426 g/mol. The fourth-order valence-corrected chi connectivity index (χ4v) is 4.93. The number of hydrogen-bond acceptors (Lipinski definition) is 8. The number of likely N-dealkylation sites (tertiary alicyclic amines) is 1. The molecule has 1 aromatic carbocycles. The molecule has 8 nitrogen and oxygen atoms in total. The van der Waals surface area contributed by atoms with Crippen LogP contribution in [0.5, 0.6) is 5.75 Å². The van der Waals surface area contributed by atoms with Gasteiger partial charge in [-0.2, -0.15) is 5.26 Å². The summed E-state index contributed by atoms with van der Waals surface area (Å²) >= 11 is 1.23. The smallest absolute Gasteiger partial charge is 0.324 e. The minimum atomic E-state index is -0.341. The molecule has 1 N–H and O–H groups in total. The first kappa shape index (κ1) is 22.1. The first-order chi connectivity index (χ1) is 15.6. The predicted molar refractivity (Wildman–Crippen MR) is 124 cm³/mol. The third-order valence-corrected chi connectivity index (χ3v) is 7.00. The molecule has 0 radical (unpaired) electrons. The number of methoxy groups -OCH3 is 1. The lowest BCUT2D eigenvalue weighted by Gasteiger charge is -2.32. The molecule has 3 heterocycles. The number of rotatable bonds is 8. The van der Waals surface area contributed by atoms with E-state index in [0.29, 0.717) is 18.2 Å². The van der Waals surface area contributed by atoms with E-state index in [2.05, 4.69) is 21.3 Å². The van der Waals surface area contributed by atoms with Crippen molar-refractivity contribution in [3.8, 4) is 11.8 Å². The van der Waals surface area contributed by atoms with Gasteiger partial charge < -0.3 is 15.0 Å². The van der Waals surface area contributed by atoms with Crippen LogP contribution in [-0.2, 0) is 13.0 Å². The number of thiophene rings is 1. The first-order valence-electron chi connectivity index (χ1n) is 10.6. The number of ether oxygens (including phenoxy) is 1. The van der Waals surface area contributed by atoms with Gasteiger partial charge in [-0.05, 0) is 62.2 Å². The number of nitriles is 1. The van der Waals surface area contributed by atoms with Gasteiger partial charge in [0.15, 0.2) is 0 Å². The number of nitrogens with one attached hydrogen (secondary N) is 1. The Hall–Kier alpha value is -3.06. The molecular formula is C23H25N5O3S. The molecule has 0 bridgehead atoms. The van der Waals surface area contributed by atoms with Crippen LogP contribution in [0.1, 0.15) is 28.8 Å². The van der Waals surface area contributed by atoms with Crippen LogP contribution in [0.4, 0.5) is 5.00 Å². The van der Waals surface area contributed by atoms with E-state index in [9.17, 15) is 15.4 Å². The average Bonchev–Trinajstić information content (AvgIpc) is 3.31. The molecule has 0 amide bonds. The van der Waals surface area contributed by atoms with Crippen LogP contribution < -0.4 is 10.1 Å². The zero-order valence-corrected chi connectivity index (χ0v) is 18.7. The zero-order valence-electron chi connectivity index (χ0n) is 17.9. The molecule has 0 saturated carbocycles. The van der Waals surface area contributed by atoms with Crippen molar-refractivity contribution < 1.29 is 9.66 Å². The summed E-state index contributed by atoms with van der Waals surface area (Å²) in [5.74, 6) is 0.763. The highest BCUT2D eigenvalue weighted by molar-refractivity contribution is 7.15. The number of fused-ring (bicyclic) bond motifs is 1. The third-order valence-electron chi connectivity index (χ3n) is 5.97. The molecule has 2 aromatic heterocycles. The number of aromatic nitrogens is 1. The van der Waals surface area contributed by atoms with E-state index in [1.807, 2.05) is 24.3 Å². The van der Waals surface area contributed by atoms with Gasteiger partial charge in [-0.3, -0.25) is 15.1 Å². The highest BCUT2D eigenvalue weighted by atomic mass is 32.1. The van der Waals surface area contributed by atoms with Crippen LogP contribution >= 0.6 is 11.3 Å². The Bertz CT molecular complexity index is 1150. The summed E-state index contributed by atoms with van der Waals surface area (Å²) in [6.45, 7) is 3.52. The summed E-state index contributed by atoms with van der Waals surface area (Å²) in [5, 5.41) is 25.1. The number of benzene rings is 1. The van der Waals surface area contributed by atoms with E-state index in [0.717, 1.165) is 66.0 Å². The van der Waals surface area contributed by atoms with Gasteiger partial charge in [0, 0.05) is 41.7 Å². The lowest BCUT2D eigenvalue weighted by molar-refractivity contribution is -0.380. The van der Waals surface area contributed by atoms with Crippen LogP contribution in [0.15, 0.2) is 36.5 Å². The summed E-state index contributed by atoms with van der Waals surface area (Å²) in [6, 6.07) is 11.9. The maximum Gasteiger partial charge on any atom is 0.324 e. The minimum Gasteiger partial charge on any atom is -0.497 e. The Morgan fingerprint density at radius 1 is 1.34 bits per heavy atom. The molecule has 0 atom stereocenters. The average molecular weight is 452 g/mol. The van der Waals surface area contributed by atoms with E-state index in [4.69, 9.17) is 4.74 Å². The number of piperidine rings is 1. The Labute approximate surface area is 190 Å². The predicted octanol–water partition coefficient (Wildman–Crippen LogP) is 3.88. The normalized spacial score (nSPS) is 15.0. The van der Waals surface area contributed by atoms with E-state index < -0.39 is 0 Å². The van der Waals surface area contributed by atoms with Gasteiger partial charge in [-0.1, -0.05) is 11.3 Å². The van der Waals surface area contributed by atoms with Gasteiger partial charge in [-0.15, -0.1) is 0 Å². The second-order valence-corrected chi connectivity index (χ2v) is 9.04. The number of pyridine rings is 1. The van der Waals surface area contributed by atoms with E-state index in [1.165, 1.54) is 11.3 Å². The maximum atomic E-state index is 10.8. The van der Waals surface area contributed by atoms with Crippen molar-refractivity contribution in [3.63, 3.8) is 0 Å².